The summed E-state index contributed by atoms with van der Waals surface area (Å²) in [5, 5.41) is 8.60. The van der Waals surface area contributed by atoms with Crippen molar-refractivity contribution in [3.63, 3.8) is 0 Å². The Morgan fingerprint density at radius 1 is 1.12 bits per heavy atom. The van der Waals surface area contributed by atoms with Gasteiger partial charge in [-0.2, -0.15) is 5.10 Å². The molecule has 2 N–H and O–H groups in total. The first kappa shape index (κ1) is 16.6. The van der Waals surface area contributed by atoms with Crippen LogP contribution in [0.4, 0.5) is 0 Å². The molecule has 0 aliphatic heterocycles. The summed E-state index contributed by atoms with van der Waals surface area (Å²) in [6, 6.07) is 18.0. The molecule has 0 amide bonds. The van der Waals surface area contributed by atoms with E-state index in [0.29, 0.717) is 5.17 Å². The van der Waals surface area contributed by atoms with Crippen LogP contribution >= 0.6 is 11.8 Å². The number of hydrogen-bond acceptors (Lipinski definition) is 4. The lowest BCUT2D eigenvalue weighted by Crippen LogP contribution is -2.06. The molecule has 0 saturated heterocycles. The number of benzene rings is 2. The van der Waals surface area contributed by atoms with Crippen LogP contribution in [0.1, 0.15) is 24.0 Å². The van der Waals surface area contributed by atoms with Crippen LogP contribution in [-0.4, -0.2) is 18.0 Å². The minimum Gasteiger partial charge on any atom is -0.493 e. The highest BCUT2D eigenvalue weighted by atomic mass is 32.2. The number of amidine groups is 1. The largest absolute Gasteiger partial charge is 0.493 e. The van der Waals surface area contributed by atoms with Crippen LogP contribution in [-0.2, 0) is 5.75 Å². The number of nitrogens with zero attached hydrogens (tertiary/aromatic N) is 2. The van der Waals surface area contributed by atoms with Crippen LogP contribution < -0.4 is 10.5 Å². The summed E-state index contributed by atoms with van der Waals surface area (Å²) in [6.07, 6.45) is 4.24. The highest BCUT2D eigenvalue weighted by Gasteiger charge is 2.22. The van der Waals surface area contributed by atoms with E-state index in [9.17, 15) is 0 Å². The van der Waals surface area contributed by atoms with Crippen LogP contribution in [0.15, 0.2) is 64.8 Å². The molecule has 124 valence electrons. The van der Waals surface area contributed by atoms with Crippen molar-refractivity contribution < 1.29 is 4.74 Å². The molecule has 5 heteroatoms. The number of thioether (sulfide) groups is 1. The van der Waals surface area contributed by atoms with E-state index in [-0.39, 0.29) is 0 Å². The van der Waals surface area contributed by atoms with Crippen molar-refractivity contribution in [1.29, 1.82) is 0 Å². The summed E-state index contributed by atoms with van der Waals surface area (Å²) in [6.45, 7) is 0.781. The van der Waals surface area contributed by atoms with E-state index in [2.05, 4.69) is 22.3 Å². The summed E-state index contributed by atoms with van der Waals surface area (Å²) in [4.78, 5) is 0. The van der Waals surface area contributed by atoms with Crippen molar-refractivity contribution in [2.45, 2.75) is 18.6 Å². The lowest BCUT2D eigenvalue weighted by molar-refractivity contribution is 0.299. The second-order valence-corrected chi connectivity index (χ2v) is 6.74. The van der Waals surface area contributed by atoms with Crippen molar-refractivity contribution in [3.05, 3.63) is 65.7 Å². The normalized spacial score (nSPS) is 14.9. The Morgan fingerprint density at radius 2 is 1.88 bits per heavy atom. The van der Waals surface area contributed by atoms with E-state index < -0.39 is 0 Å². The van der Waals surface area contributed by atoms with Crippen LogP contribution in [0.3, 0.4) is 0 Å². The van der Waals surface area contributed by atoms with Crippen LogP contribution in [0.25, 0.3) is 0 Å². The van der Waals surface area contributed by atoms with Gasteiger partial charge < -0.3 is 10.5 Å². The van der Waals surface area contributed by atoms with Crippen molar-refractivity contribution >= 4 is 23.1 Å². The Morgan fingerprint density at radius 3 is 2.67 bits per heavy atom. The Kier molecular flexibility index (Phi) is 5.90. The highest BCUT2D eigenvalue weighted by molar-refractivity contribution is 8.13. The standard InChI is InChI=1S/C19H21N3OS/c20-19(24-14-16-6-2-1-3-7-16)22-21-12-17-8-4-5-9-18(17)23-13-15-10-11-15/h1-9,12,15H,10-11,13-14H2,(H2,20,22). The first-order valence-corrected chi connectivity index (χ1v) is 9.05. The lowest BCUT2D eigenvalue weighted by atomic mass is 10.2. The molecule has 1 aliphatic carbocycles. The maximum absolute atomic E-state index is 5.90. The quantitative estimate of drug-likeness (QED) is 0.470. The van der Waals surface area contributed by atoms with Crippen LogP contribution in [0.2, 0.25) is 0 Å². The van der Waals surface area contributed by atoms with Crippen molar-refractivity contribution in [2.75, 3.05) is 6.61 Å². The topological polar surface area (TPSA) is 60.0 Å². The molecule has 2 aromatic carbocycles. The van der Waals surface area contributed by atoms with Gasteiger partial charge in [0.1, 0.15) is 5.75 Å². The van der Waals surface area contributed by atoms with Gasteiger partial charge in [-0.15, -0.1) is 5.10 Å². The molecular formula is C19H21N3OS. The lowest BCUT2D eigenvalue weighted by Gasteiger charge is -2.07. The van der Waals surface area contributed by atoms with Crippen LogP contribution in [0.5, 0.6) is 5.75 Å². The number of hydrogen-bond donors (Lipinski definition) is 1. The zero-order valence-electron chi connectivity index (χ0n) is 13.5. The van der Waals surface area contributed by atoms with Gasteiger partial charge in [0.25, 0.3) is 0 Å². The van der Waals surface area contributed by atoms with E-state index in [1.54, 1.807) is 6.21 Å². The van der Waals surface area contributed by atoms with Gasteiger partial charge >= 0.3 is 0 Å². The number of para-hydroxylation sites is 1. The third kappa shape index (κ3) is 5.42. The average molecular weight is 339 g/mol. The van der Waals surface area contributed by atoms with Gasteiger partial charge in [-0.3, -0.25) is 0 Å². The van der Waals surface area contributed by atoms with Crippen molar-refractivity contribution in [2.24, 2.45) is 21.9 Å². The van der Waals surface area contributed by atoms with Crippen molar-refractivity contribution in [3.8, 4) is 5.75 Å². The molecule has 3 rings (SSSR count). The van der Waals surface area contributed by atoms with Crippen LogP contribution in [0, 0.1) is 5.92 Å². The number of rotatable bonds is 7. The monoisotopic (exact) mass is 339 g/mol. The van der Waals surface area contributed by atoms with Gasteiger partial charge in [-0.05, 0) is 36.5 Å². The Labute approximate surface area is 146 Å². The maximum Gasteiger partial charge on any atom is 0.180 e. The molecule has 0 unspecified atom stereocenters. The smallest absolute Gasteiger partial charge is 0.180 e. The summed E-state index contributed by atoms with van der Waals surface area (Å²) in [5.41, 5.74) is 8.03. The fraction of sp³-hybridized carbons (Fsp3) is 0.263. The van der Waals surface area contributed by atoms with E-state index >= 15 is 0 Å². The minimum absolute atomic E-state index is 0.450. The molecule has 1 aliphatic rings. The molecule has 0 aromatic heterocycles. The van der Waals surface area contributed by atoms with E-state index in [1.807, 2.05) is 42.5 Å². The zero-order chi connectivity index (χ0) is 16.6. The third-order valence-electron chi connectivity index (χ3n) is 3.67. The Balaban J connectivity index is 1.54. The second kappa shape index (κ2) is 8.55. The molecule has 24 heavy (non-hydrogen) atoms. The van der Waals surface area contributed by atoms with Gasteiger partial charge in [0.05, 0.1) is 12.8 Å². The molecule has 2 aromatic rings. The summed E-state index contributed by atoms with van der Waals surface area (Å²) in [5.74, 6) is 2.35. The second-order valence-electron chi connectivity index (χ2n) is 5.75. The predicted molar refractivity (Wildman–Crippen MR) is 102 cm³/mol. The highest BCUT2D eigenvalue weighted by Crippen LogP contribution is 2.30. The average Bonchev–Trinajstić information content (AvgIpc) is 3.44. The van der Waals surface area contributed by atoms with Crippen molar-refractivity contribution in [1.82, 2.24) is 0 Å². The summed E-state index contributed by atoms with van der Waals surface area (Å²) < 4.78 is 5.85. The Hall–Kier alpha value is -2.27. The fourth-order valence-corrected chi connectivity index (χ4v) is 2.73. The van der Waals surface area contributed by atoms with E-state index in [0.717, 1.165) is 29.6 Å². The first-order valence-electron chi connectivity index (χ1n) is 8.06. The van der Waals surface area contributed by atoms with Gasteiger partial charge in [-0.1, -0.05) is 54.2 Å². The summed E-state index contributed by atoms with van der Waals surface area (Å²) in [7, 11) is 0. The third-order valence-corrected chi connectivity index (χ3v) is 4.53. The van der Waals surface area contributed by atoms with E-state index in [4.69, 9.17) is 10.5 Å². The van der Waals surface area contributed by atoms with Gasteiger partial charge in [0.2, 0.25) is 0 Å². The summed E-state index contributed by atoms with van der Waals surface area (Å²) >= 11 is 1.47. The van der Waals surface area contributed by atoms with Gasteiger partial charge in [-0.25, -0.2) is 0 Å². The van der Waals surface area contributed by atoms with E-state index in [1.165, 1.54) is 30.2 Å². The molecule has 0 heterocycles. The fourth-order valence-electron chi connectivity index (χ4n) is 2.12. The molecule has 4 nitrogen and oxygen atoms in total. The molecule has 0 bridgehead atoms. The van der Waals surface area contributed by atoms with Gasteiger partial charge in [0.15, 0.2) is 5.17 Å². The zero-order valence-corrected chi connectivity index (χ0v) is 14.3. The maximum atomic E-state index is 5.90. The molecule has 1 saturated carbocycles. The first-order chi connectivity index (χ1) is 11.8. The molecular weight excluding hydrogens is 318 g/mol. The predicted octanol–water partition coefficient (Wildman–Crippen LogP) is 4.06. The molecule has 0 radical (unpaired) electrons. The number of nitrogens with two attached hydrogens (primary N) is 1. The molecule has 0 atom stereocenters. The van der Waals surface area contributed by atoms with Gasteiger partial charge in [0, 0.05) is 11.3 Å². The Bertz CT molecular complexity index is 712. The molecule has 0 spiro atoms. The molecule has 1 fully saturated rings. The number of ether oxygens (including phenoxy) is 1. The minimum atomic E-state index is 0.450. The SMILES string of the molecule is NC(=NN=Cc1ccccc1OCC1CC1)SCc1ccccc1.